The molecule has 1 rings (SSSR count). The number of halogens is 7. The molecule has 0 N–H and O–H groups in total. The van der Waals surface area contributed by atoms with Crippen molar-refractivity contribution in [3.8, 4) is 0 Å². The van der Waals surface area contributed by atoms with Gasteiger partial charge in [0, 0.05) is 18.0 Å². The van der Waals surface area contributed by atoms with Crippen LogP contribution in [0.1, 0.15) is 6.92 Å². The molecule has 0 spiro atoms. The Kier molecular flexibility index (Phi) is 3.70. The van der Waals surface area contributed by atoms with E-state index in [2.05, 4.69) is 0 Å². The van der Waals surface area contributed by atoms with Gasteiger partial charge in [-0.15, -0.1) is 0 Å². The molecular formula is C6H4Cl7N. The highest BCUT2D eigenvalue weighted by Crippen LogP contribution is 2.60. The van der Waals surface area contributed by atoms with Crippen molar-refractivity contribution in [2.24, 2.45) is 0 Å². The Morgan fingerprint density at radius 1 is 1.14 bits per heavy atom. The first-order valence-electron chi connectivity index (χ1n) is 3.32. The molecule has 1 atom stereocenters. The maximum absolute atomic E-state index is 6.02. The molecule has 0 aromatic carbocycles. The standard InChI is InChI=1S/C6H4Cl7N/c1-4(8)6(11,12)5(9,10)3(7)2-14(4)13/h2H,1H3. The van der Waals surface area contributed by atoms with Crippen LogP contribution in [0.5, 0.6) is 0 Å². The van der Waals surface area contributed by atoms with Gasteiger partial charge in [0.05, 0.1) is 5.03 Å². The zero-order valence-electron chi connectivity index (χ0n) is 6.67. The van der Waals surface area contributed by atoms with E-state index in [1.807, 2.05) is 0 Å². The minimum atomic E-state index is -1.75. The van der Waals surface area contributed by atoms with Gasteiger partial charge < -0.3 is 0 Å². The van der Waals surface area contributed by atoms with Crippen molar-refractivity contribution in [2.75, 3.05) is 0 Å². The van der Waals surface area contributed by atoms with E-state index in [1.54, 1.807) is 0 Å². The lowest BCUT2D eigenvalue weighted by molar-refractivity contribution is 0.330. The molecule has 0 saturated heterocycles. The van der Waals surface area contributed by atoms with Crippen LogP contribution in [0.2, 0.25) is 0 Å². The molecule has 1 nitrogen and oxygen atoms in total. The molecule has 1 aliphatic rings. The highest BCUT2D eigenvalue weighted by Gasteiger charge is 2.65. The summed E-state index contributed by atoms with van der Waals surface area (Å²) in [4.78, 5) is -1.38. The van der Waals surface area contributed by atoms with Crippen LogP contribution < -0.4 is 0 Å². The fourth-order valence-corrected chi connectivity index (χ4v) is 2.71. The summed E-state index contributed by atoms with van der Waals surface area (Å²) in [5.74, 6) is 0. The fourth-order valence-electron chi connectivity index (χ4n) is 0.872. The normalized spacial score (nSPS) is 35.4. The summed E-state index contributed by atoms with van der Waals surface area (Å²) in [5.41, 5.74) is 0. The van der Waals surface area contributed by atoms with Gasteiger partial charge in [0.1, 0.15) is 0 Å². The lowest BCUT2D eigenvalue weighted by Gasteiger charge is -2.48. The summed E-state index contributed by atoms with van der Waals surface area (Å²) in [7, 11) is 0. The Labute approximate surface area is 117 Å². The number of rotatable bonds is 0. The largest absolute Gasteiger partial charge is 0.267 e. The molecule has 0 fully saturated rings. The minimum absolute atomic E-state index is 0.000965. The molecule has 0 aliphatic carbocycles. The molecule has 8 heteroatoms. The van der Waals surface area contributed by atoms with E-state index < -0.39 is 13.7 Å². The van der Waals surface area contributed by atoms with E-state index in [-0.39, 0.29) is 5.03 Å². The van der Waals surface area contributed by atoms with Crippen molar-refractivity contribution in [2.45, 2.75) is 20.6 Å². The lowest BCUT2D eigenvalue weighted by atomic mass is 10.1. The van der Waals surface area contributed by atoms with E-state index in [0.717, 1.165) is 4.42 Å². The van der Waals surface area contributed by atoms with Crippen LogP contribution in [0.3, 0.4) is 0 Å². The quantitative estimate of drug-likeness (QED) is 0.347. The molecule has 1 heterocycles. The summed E-state index contributed by atoms with van der Waals surface area (Å²) in [6.45, 7) is 1.47. The average Bonchev–Trinajstić information content (AvgIpc) is 2.01. The summed E-state index contributed by atoms with van der Waals surface area (Å²) in [6, 6.07) is 0. The highest BCUT2D eigenvalue weighted by atomic mass is 35.5. The zero-order valence-corrected chi connectivity index (χ0v) is 12.0. The Balaban J connectivity index is 3.35. The smallest absolute Gasteiger partial charge is 0.193 e. The molecule has 0 bridgehead atoms. The monoisotopic (exact) mass is 335 g/mol. The van der Waals surface area contributed by atoms with Gasteiger partial charge in [-0.25, -0.2) is 0 Å². The van der Waals surface area contributed by atoms with Crippen LogP contribution in [0.15, 0.2) is 11.2 Å². The van der Waals surface area contributed by atoms with Gasteiger partial charge in [0.2, 0.25) is 0 Å². The van der Waals surface area contributed by atoms with Crippen molar-refractivity contribution in [1.29, 1.82) is 0 Å². The molecular weight excluding hydrogens is 334 g/mol. The van der Waals surface area contributed by atoms with Crippen molar-refractivity contribution >= 4 is 81.4 Å². The number of alkyl halides is 5. The van der Waals surface area contributed by atoms with Crippen LogP contribution in [-0.4, -0.2) is 18.1 Å². The Bertz CT molecular complexity index is 282. The number of allylic oxidation sites excluding steroid dienone is 1. The van der Waals surface area contributed by atoms with E-state index in [4.69, 9.17) is 81.4 Å². The zero-order chi connectivity index (χ0) is 11.4. The van der Waals surface area contributed by atoms with Gasteiger partial charge >= 0.3 is 0 Å². The van der Waals surface area contributed by atoms with Crippen LogP contribution in [0, 0.1) is 0 Å². The molecule has 0 saturated carbocycles. The minimum Gasteiger partial charge on any atom is -0.267 e. The molecule has 0 amide bonds. The number of hydrogen-bond donors (Lipinski definition) is 0. The molecule has 0 aromatic heterocycles. The molecule has 1 unspecified atom stereocenters. The SMILES string of the molecule is CC1(Cl)N(Cl)C=C(Cl)C(Cl)(Cl)C1(Cl)Cl. The summed E-state index contributed by atoms with van der Waals surface area (Å²) >= 11 is 41.3. The molecule has 0 aromatic rings. The van der Waals surface area contributed by atoms with Gasteiger partial charge in [0.15, 0.2) is 13.7 Å². The third-order valence-corrected chi connectivity index (χ3v) is 6.31. The van der Waals surface area contributed by atoms with Gasteiger partial charge in [0.25, 0.3) is 0 Å². The van der Waals surface area contributed by atoms with Crippen molar-refractivity contribution < 1.29 is 0 Å². The van der Waals surface area contributed by atoms with Gasteiger partial charge in [-0.3, -0.25) is 4.42 Å². The Hall–Kier alpha value is 1.57. The van der Waals surface area contributed by atoms with E-state index >= 15 is 0 Å². The highest BCUT2D eigenvalue weighted by molar-refractivity contribution is 6.69. The molecule has 14 heavy (non-hydrogen) atoms. The van der Waals surface area contributed by atoms with E-state index in [1.165, 1.54) is 13.1 Å². The summed E-state index contributed by atoms with van der Waals surface area (Å²) in [5, 5.41) is -0.000965. The van der Waals surface area contributed by atoms with Crippen molar-refractivity contribution in [3.63, 3.8) is 0 Å². The first kappa shape index (κ1) is 13.6. The second-order valence-electron chi connectivity index (χ2n) is 2.89. The first-order chi connectivity index (χ1) is 6.05. The third-order valence-electron chi connectivity index (χ3n) is 1.90. The number of nitrogens with zero attached hydrogens (tertiary/aromatic N) is 1. The van der Waals surface area contributed by atoms with Crippen LogP contribution in [-0.2, 0) is 0 Å². The first-order valence-corrected chi connectivity index (χ1v) is 5.93. The van der Waals surface area contributed by atoms with Crippen molar-refractivity contribution in [1.82, 2.24) is 4.42 Å². The van der Waals surface area contributed by atoms with E-state index in [0.29, 0.717) is 0 Å². The molecule has 1 aliphatic heterocycles. The lowest BCUT2D eigenvalue weighted by Crippen LogP contribution is -2.59. The van der Waals surface area contributed by atoms with Crippen LogP contribution in [0.25, 0.3) is 0 Å². The van der Waals surface area contributed by atoms with Gasteiger partial charge in [-0.05, 0) is 6.92 Å². The second kappa shape index (κ2) is 3.80. The third kappa shape index (κ3) is 1.69. The van der Waals surface area contributed by atoms with Crippen molar-refractivity contribution in [3.05, 3.63) is 11.2 Å². The maximum Gasteiger partial charge on any atom is 0.193 e. The summed E-state index contributed by atoms with van der Waals surface area (Å²) in [6.07, 6.45) is 1.26. The fraction of sp³-hybridized carbons (Fsp3) is 0.667. The molecule has 82 valence electrons. The maximum atomic E-state index is 6.02. The Morgan fingerprint density at radius 3 is 2.00 bits per heavy atom. The topological polar surface area (TPSA) is 3.24 Å². The van der Waals surface area contributed by atoms with Crippen LogP contribution >= 0.6 is 81.4 Å². The Morgan fingerprint density at radius 2 is 1.57 bits per heavy atom. The average molecular weight is 338 g/mol. The molecule has 0 radical (unpaired) electrons. The predicted octanol–water partition coefficient (Wildman–Crippen LogP) is 4.84. The predicted molar refractivity (Wildman–Crippen MR) is 64.8 cm³/mol. The van der Waals surface area contributed by atoms with Gasteiger partial charge in [-0.1, -0.05) is 69.6 Å². The summed E-state index contributed by atoms with van der Waals surface area (Å²) < 4.78 is -2.43. The number of hydrogen-bond acceptors (Lipinski definition) is 1. The second-order valence-corrected chi connectivity index (χ2v) is 7.05. The van der Waals surface area contributed by atoms with E-state index in [9.17, 15) is 0 Å². The van der Waals surface area contributed by atoms with Crippen LogP contribution in [0.4, 0.5) is 0 Å². The van der Waals surface area contributed by atoms with Gasteiger partial charge in [-0.2, -0.15) is 0 Å².